The summed E-state index contributed by atoms with van der Waals surface area (Å²) in [5, 5.41) is 5.94. The van der Waals surface area contributed by atoms with Crippen LogP contribution in [0.4, 0.5) is 0 Å². The van der Waals surface area contributed by atoms with E-state index < -0.39 is 5.92 Å². The van der Waals surface area contributed by atoms with Crippen LogP contribution in [-0.4, -0.2) is 36.5 Å². The highest BCUT2D eigenvalue weighted by Gasteiger charge is 2.25. The number of allylic oxidation sites excluding steroid dienone is 2. The Morgan fingerprint density at radius 1 is 1.21 bits per heavy atom. The van der Waals surface area contributed by atoms with Gasteiger partial charge >= 0.3 is 5.97 Å². The number of esters is 1. The molecule has 0 fully saturated rings. The van der Waals surface area contributed by atoms with E-state index in [0.717, 1.165) is 38.5 Å². The second-order valence-corrected chi connectivity index (χ2v) is 8.38. The van der Waals surface area contributed by atoms with Crippen molar-refractivity contribution >= 4 is 17.8 Å². The highest BCUT2D eigenvalue weighted by atomic mass is 16.5. The number of hydrogen-bond acceptors (Lipinski definition) is 4. The first-order valence-electron chi connectivity index (χ1n) is 11.3. The molecule has 0 spiro atoms. The third-order valence-electron chi connectivity index (χ3n) is 5.41. The predicted molar refractivity (Wildman–Crippen MR) is 115 cm³/mol. The molecule has 0 aromatic carbocycles. The maximum absolute atomic E-state index is 13.0. The van der Waals surface area contributed by atoms with E-state index in [1.807, 2.05) is 26.0 Å². The highest BCUT2D eigenvalue weighted by Crippen LogP contribution is 2.18. The average molecular weight is 409 g/mol. The van der Waals surface area contributed by atoms with Crippen molar-refractivity contribution in [2.24, 2.45) is 11.8 Å². The van der Waals surface area contributed by atoms with E-state index in [2.05, 4.69) is 24.5 Å². The lowest BCUT2D eigenvalue weighted by Gasteiger charge is -2.25. The second kappa shape index (κ2) is 14.2. The van der Waals surface area contributed by atoms with E-state index in [0.29, 0.717) is 18.8 Å². The van der Waals surface area contributed by atoms with Gasteiger partial charge in [-0.25, -0.2) is 0 Å². The molecule has 0 aromatic heterocycles. The van der Waals surface area contributed by atoms with Crippen LogP contribution in [0.5, 0.6) is 0 Å². The molecular formula is C23H40N2O4. The molecular weight excluding hydrogens is 368 g/mol. The quantitative estimate of drug-likeness (QED) is 0.494. The predicted octanol–water partition coefficient (Wildman–Crippen LogP) is 3.89. The second-order valence-electron chi connectivity index (χ2n) is 8.38. The van der Waals surface area contributed by atoms with Gasteiger partial charge in [-0.05, 0) is 51.9 Å². The zero-order valence-corrected chi connectivity index (χ0v) is 18.7. The largest absolute Gasteiger partial charge is 0.463 e. The Morgan fingerprint density at radius 2 is 1.93 bits per heavy atom. The van der Waals surface area contributed by atoms with Gasteiger partial charge in [0.05, 0.1) is 12.0 Å². The van der Waals surface area contributed by atoms with Gasteiger partial charge in [0, 0.05) is 18.9 Å². The summed E-state index contributed by atoms with van der Waals surface area (Å²) in [5.41, 5.74) is 0. The van der Waals surface area contributed by atoms with E-state index in [-0.39, 0.29) is 42.9 Å². The van der Waals surface area contributed by atoms with E-state index in [1.165, 1.54) is 0 Å². The molecule has 0 unspecified atom stereocenters. The molecule has 0 radical (unpaired) electrons. The van der Waals surface area contributed by atoms with Crippen molar-refractivity contribution in [1.82, 2.24) is 10.6 Å². The highest BCUT2D eigenvalue weighted by molar-refractivity contribution is 5.86. The molecule has 2 atom stereocenters. The standard InChI is InChI=1S/C23H40N2O4/c1-5-18(6-2)14-20-16-29-22(27)13-11-9-7-8-10-12-19(23(28)25-20)15-21(26)24-17(3)4/h8,10,17-20H,5-7,9,11-16H2,1-4H3,(H,24,26)(H,25,28)/b10-8-/t19-,20+/m1/s1. The molecule has 0 saturated heterocycles. The lowest BCUT2D eigenvalue weighted by molar-refractivity contribution is -0.145. The molecule has 0 aromatic rings. The van der Waals surface area contributed by atoms with Crippen LogP contribution in [0.15, 0.2) is 12.2 Å². The summed E-state index contributed by atoms with van der Waals surface area (Å²) in [6, 6.07) is -0.180. The molecule has 1 aliphatic heterocycles. The Morgan fingerprint density at radius 3 is 2.59 bits per heavy atom. The minimum Gasteiger partial charge on any atom is -0.463 e. The molecule has 2 amide bonds. The molecule has 1 rings (SSSR count). The zero-order valence-electron chi connectivity index (χ0n) is 18.7. The van der Waals surface area contributed by atoms with Crippen molar-refractivity contribution in [3.63, 3.8) is 0 Å². The normalized spacial score (nSPS) is 23.2. The molecule has 0 aliphatic carbocycles. The van der Waals surface area contributed by atoms with Gasteiger partial charge in [0.15, 0.2) is 0 Å². The van der Waals surface area contributed by atoms with Crippen LogP contribution in [0.2, 0.25) is 0 Å². The zero-order chi connectivity index (χ0) is 21.6. The summed E-state index contributed by atoms with van der Waals surface area (Å²) >= 11 is 0. The fourth-order valence-electron chi connectivity index (χ4n) is 3.58. The number of ether oxygens (including phenoxy) is 1. The molecule has 2 N–H and O–H groups in total. The first kappa shape index (κ1) is 25.2. The molecule has 6 heteroatoms. The number of carbonyl (C=O) groups is 3. The fourth-order valence-corrected chi connectivity index (χ4v) is 3.58. The van der Waals surface area contributed by atoms with Gasteiger partial charge in [0.25, 0.3) is 0 Å². The summed E-state index contributed by atoms with van der Waals surface area (Å²) in [5.74, 6) is -0.425. The van der Waals surface area contributed by atoms with Crippen LogP contribution in [0, 0.1) is 11.8 Å². The lowest BCUT2D eigenvalue weighted by Crippen LogP contribution is -2.44. The van der Waals surface area contributed by atoms with Crippen LogP contribution in [-0.2, 0) is 19.1 Å². The molecule has 6 nitrogen and oxygen atoms in total. The van der Waals surface area contributed by atoms with Gasteiger partial charge in [-0.15, -0.1) is 0 Å². The minimum atomic E-state index is -0.423. The summed E-state index contributed by atoms with van der Waals surface area (Å²) in [6.07, 6.45) is 10.5. The number of hydrogen-bond donors (Lipinski definition) is 2. The van der Waals surface area contributed by atoms with Crippen LogP contribution in [0.25, 0.3) is 0 Å². The number of rotatable bonds is 7. The third-order valence-corrected chi connectivity index (χ3v) is 5.41. The van der Waals surface area contributed by atoms with Crippen LogP contribution in [0.3, 0.4) is 0 Å². The van der Waals surface area contributed by atoms with Gasteiger partial charge in [0.2, 0.25) is 11.8 Å². The Kier molecular flexibility index (Phi) is 12.3. The molecule has 1 aliphatic rings. The molecule has 0 saturated carbocycles. The van der Waals surface area contributed by atoms with Gasteiger partial charge in [-0.2, -0.15) is 0 Å². The van der Waals surface area contributed by atoms with E-state index in [1.54, 1.807) is 0 Å². The first-order chi connectivity index (χ1) is 13.8. The number of nitrogens with one attached hydrogen (secondary N) is 2. The smallest absolute Gasteiger partial charge is 0.305 e. The number of carbonyl (C=O) groups excluding carboxylic acids is 3. The summed E-state index contributed by atoms with van der Waals surface area (Å²) in [6.45, 7) is 8.28. The topological polar surface area (TPSA) is 84.5 Å². The van der Waals surface area contributed by atoms with Crippen molar-refractivity contribution in [2.45, 2.75) is 97.6 Å². The molecule has 166 valence electrons. The SMILES string of the molecule is CCC(CC)C[C@H]1COC(=O)CCCC/C=C\C[C@H](CC(=O)NC(C)C)C(=O)N1. The maximum atomic E-state index is 13.0. The lowest BCUT2D eigenvalue weighted by atomic mass is 9.93. The summed E-state index contributed by atoms with van der Waals surface area (Å²) in [4.78, 5) is 37.3. The average Bonchev–Trinajstić information content (AvgIpc) is 2.66. The molecule has 1 heterocycles. The van der Waals surface area contributed by atoms with Gasteiger partial charge in [-0.1, -0.05) is 38.8 Å². The van der Waals surface area contributed by atoms with Crippen molar-refractivity contribution < 1.29 is 19.1 Å². The van der Waals surface area contributed by atoms with Crippen molar-refractivity contribution in [1.29, 1.82) is 0 Å². The molecule has 0 bridgehead atoms. The number of cyclic esters (lactones) is 1. The summed E-state index contributed by atoms with van der Waals surface area (Å²) < 4.78 is 5.46. The van der Waals surface area contributed by atoms with E-state index in [9.17, 15) is 14.4 Å². The Hall–Kier alpha value is -1.85. The Bertz CT molecular complexity index is 541. The van der Waals surface area contributed by atoms with Crippen molar-refractivity contribution in [3.05, 3.63) is 12.2 Å². The monoisotopic (exact) mass is 408 g/mol. The van der Waals surface area contributed by atoms with Crippen LogP contribution in [0.1, 0.15) is 85.5 Å². The Labute approximate surface area is 176 Å². The van der Waals surface area contributed by atoms with E-state index >= 15 is 0 Å². The van der Waals surface area contributed by atoms with Crippen LogP contribution < -0.4 is 10.6 Å². The van der Waals surface area contributed by atoms with Crippen molar-refractivity contribution in [2.75, 3.05) is 6.61 Å². The van der Waals surface area contributed by atoms with Gasteiger partial charge in [-0.3, -0.25) is 14.4 Å². The number of amides is 2. The Balaban J connectivity index is 2.91. The minimum absolute atomic E-state index is 0.0432. The maximum Gasteiger partial charge on any atom is 0.305 e. The van der Waals surface area contributed by atoms with Crippen molar-refractivity contribution in [3.8, 4) is 0 Å². The molecule has 29 heavy (non-hydrogen) atoms. The summed E-state index contributed by atoms with van der Waals surface area (Å²) in [7, 11) is 0. The van der Waals surface area contributed by atoms with Gasteiger partial charge in [0.1, 0.15) is 6.61 Å². The van der Waals surface area contributed by atoms with Gasteiger partial charge < -0.3 is 15.4 Å². The first-order valence-corrected chi connectivity index (χ1v) is 11.3. The van der Waals surface area contributed by atoms with E-state index in [4.69, 9.17) is 4.74 Å². The third kappa shape index (κ3) is 11.1. The van der Waals surface area contributed by atoms with Crippen LogP contribution >= 0.6 is 0 Å². The fraction of sp³-hybridized carbons (Fsp3) is 0.783.